The second-order valence-electron chi connectivity index (χ2n) is 6.78. The van der Waals surface area contributed by atoms with Crippen LogP contribution in [0, 0.1) is 13.8 Å². The summed E-state index contributed by atoms with van der Waals surface area (Å²) in [5.74, 6) is 0.186. The van der Waals surface area contributed by atoms with Crippen LogP contribution >= 0.6 is 0 Å². The molecule has 6 heteroatoms. The van der Waals surface area contributed by atoms with Crippen molar-refractivity contribution in [2.45, 2.75) is 32.9 Å². The Morgan fingerprint density at radius 3 is 2.41 bits per heavy atom. The quantitative estimate of drug-likeness (QED) is 0.791. The predicted octanol–water partition coefficient (Wildman–Crippen LogP) is 3.41. The number of carbonyl (C=O) groups is 1. The summed E-state index contributed by atoms with van der Waals surface area (Å²) in [7, 11) is -3.30. The largest absolute Gasteiger partial charge is 0.481 e. The molecule has 5 nitrogen and oxygen atoms in total. The van der Waals surface area contributed by atoms with Gasteiger partial charge in [0.15, 0.2) is 15.9 Å². The maximum atomic E-state index is 13.2. The molecule has 1 aliphatic heterocycles. The van der Waals surface area contributed by atoms with Crippen molar-refractivity contribution in [3.05, 3.63) is 71.1 Å². The molecule has 0 aromatic heterocycles. The van der Waals surface area contributed by atoms with E-state index in [4.69, 9.17) is 4.74 Å². The number of sulfone groups is 1. The van der Waals surface area contributed by atoms with E-state index in [0.29, 0.717) is 11.4 Å². The maximum absolute atomic E-state index is 13.2. The number of nitrogens with zero attached hydrogens (tertiary/aromatic N) is 1. The van der Waals surface area contributed by atoms with Crippen molar-refractivity contribution in [1.82, 2.24) is 0 Å². The lowest BCUT2D eigenvalue weighted by molar-refractivity contribution is -0.124. The number of aryl methyl sites for hydroxylation is 2. The third-order valence-corrected chi connectivity index (χ3v) is 6.03. The Kier molecular flexibility index (Phi) is 5.37. The Morgan fingerprint density at radius 1 is 1.11 bits per heavy atom. The van der Waals surface area contributed by atoms with Gasteiger partial charge in [0.2, 0.25) is 0 Å². The Bertz CT molecular complexity index is 967. The van der Waals surface area contributed by atoms with Crippen molar-refractivity contribution in [3.63, 3.8) is 0 Å². The molecule has 0 aliphatic carbocycles. The van der Waals surface area contributed by atoms with E-state index in [1.54, 1.807) is 25.1 Å². The first-order chi connectivity index (χ1) is 12.8. The van der Waals surface area contributed by atoms with E-state index in [1.165, 1.54) is 10.3 Å². The van der Waals surface area contributed by atoms with Crippen LogP contribution in [0.3, 0.4) is 0 Å². The van der Waals surface area contributed by atoms with Crippen LogP contribution in [0.15, 0.2) is 60.0 Å². The first-order valence-corrected chi connectivity index (χ1v) is 10.5. The fourth-order valence-corrected chi connectivity index (χ4v) is 4.30. The lowest BCUT2D eigenvalue weighted by Crippen LogP contribution is -2.47. The summed E-state index contributed by atoms with van der Waals surface area (Å²) in [5, 5.41) is 1.18. The molecular formula is C21H23NO4S. The van der Waals surface area contributed by atoms with Crippen molar-refractivity contribution in [1.29, 1.82) is 0 Å². The lowest BCUT2D eigenvalue weighted by Gasteiger charge is -2.30. The summed E-state index contributed by atoms with van der Waals surface area (Å²) in [6.45, 7) is 5.63. The highest BCUT2D eigenvalue weighted by Gasteiger charge is 2.34. The van der Waals surface area contributed by atoms with E-state index >= 15 is 0 Å². The van der Waals surface area contributed by atoms with Crippen LogP contribution in [0.4, 0.5) is 5.69 Å². The molecule has 0 radical (unpaired) electrons. The minimum absolute atomic E-state index is 0.121. The van der Waals surface area contributed by atoms with E-state index in [-0.39, 0.29) is 11.7 Å². The summed E-state index contributed by atoms with van der Waals surface area (Å²) >= 11 is 0. The molecule has 0 N–H and O–H groups in total. The van der Waals surface area contributed by atoms with Gasteiger partial charge in [0.1, 0.15) is 5.75 Å². The van der Waals surface area contributed by atoms with Gasteiger partial charge >= 0.3 is 0 Å². The summed E-state index contributed by atoms with van der Waals surface area (Å²) in [6.07, 6.45) is 0.809. The molecule has 2 aromatic rings. The van der Waals surface area contributed by atoms with Crippen LogP contribution in [0.2, 0.25) is 0 Å². The first kappa shape index (κ1) is 19.2. The Labute approximate surface area is 160 Å². The normalized spacial score (nSPS) is 18.9. The number of para-hydroxylation sites is 1. The van der Waals surface area contributed by atoms with Crippen LogP contribution < -0.4 is 9.64 Å². The Morgan fingerprint density at radius 2 is 1.81 bits per heavy atom. The van der Waals surface area contributed by atoms with Crippen molar-refractivity contribution in [3.8, 4) is 5.75 Å². The Balaban J connectivity index is 1.92. The zero-order valence-corrected chi connectivity index (χ0v) is 16.4. The zero-order valence-electron chi connectivity index (χ0n) is 15.6. The van der Waals surface area contributed by atoms with Gasteiger partial charge in [-0.1, -0.05) is 24.3 Å². The number of hydrogen-bond acceptors (Lipinski definition) is 4. The van der Waals surface area contributed by atoms with Crippen molar-refractivity contribution in [2.24, 2.45) is 0 Å². The highest BCUT2D eigenvalue weighted by Crippen LogP contribution is 2.26. The van der Waals surface area contributed by atoms with Gasteiger partial charge in [0, 0.05) is 11.1 Å². The molecule has 0 unspecified atom stereocenters. The van der Waals surface area contributed by atoms with Gasteiger partial charge in [-0.25, -0.2) is 8.42 Å². The van der Waals surface area contributed by atoms with Gasteiger partial charge < -0.3 is 9.64 Å². The molecule has 2 aromatic carbocycles. The van der Waals surface area contributed by atoms with Crippen molar-refractivity contribution >= 4 is 21.4 Å². The molecule has 0 fully saturated rings. The van der Waals surface area contributed by atoms with Crippen molar-refractivity contribution < 1.29 is 17.9 Å². The third kappa shape index (κ3) is 4.39. The van der Waals surface area contributed by atoms with Gasteiger partial charge in [0.05, 0.1) is 11.8 Å². The standard InChI is InChI=1S/C21H23NO4S/c1-15-9-10-18(13-16(15)2)22(19-11-12-27(24,25)14-19)21(23)17(3)26-20-7-5-4-6-8-20/h4-13,17,19H,14H2,1-3H3/t17-,19-/m0/s1. The first-order valence-electron chi connectivity index (χ1n) is 8.80. The van der Waals surface area contributed by atoms with E-state index in [1.807, 2.05) is 50.2 Å². The van der Waals surface area contributed by atoms with Gasteiger partial charge in [-0.15, -0.1) is 0 Å². The molecule has 0 saturated heterocycles. The number of benzene rings is 2. The zero-order chi connectivity index (χ0) is 19.6. The molecule has 0 saturated carbocycles. The number of amides is 1. The average Bonchev–Trinajstić information content (AvgIpc) is 2.98. The monoisotopic (exact) mass is 385 g/mol. The molecule has 1 amide bonds. The van der Waals surface area contributed by atoms with Crippen LogP contribution in [-0.4, -0.2) is 32.2 Å². The van der Waals surface area contributed by atoms with Gasteiger partial charge in [-0.2, -0.15) is 0 Å². The smallest absolute Gasteiger partial charge is 0.268 e. The molecule has 3 rings (SSSR count). The second kappa shape index (κ2) is 7.56. The van der Waals surface area contributed by atoms with Crippen LogP contribution in [-0.2, 0) is 14.6 Å². The molecule has 1 heterocycles. The molecular weight excluding hydrogens is 362 g/mol. The van der Waals surface area contributed by atoms with E-state index < -0.39 is 22.0 Å². The van der Waals surface area contributed by atoms with Gasteiger partial charge in [-0.05, 0) is 62.2 Å². The number of rotatable bonds is 5. The highest BCUT2D eigenvalue weighted by molar-refractivity contribution is 7.94. The summed E-state index contributed by atoms with van der Waals surface area (Å²) in [6, 6.07) is 14.2. The lowest BCUT2D eigenvalue weighted by atomic mass is 10.1. The van der Waals surface area contributed by atoms with Crippen molar-refractivity contribution in [2.75, 3.05) is 10.7 Å². The van der Waals surface area contributed by atoms with E-state index in [0.717, 1.165) is 11.1 Å². The van der Waals surface area contributed by atoms with Gasteiger partial charge in [0.25, 0.3) is 5.91 Å². The summed E-state index contributed by atoms with van der Waals surface area (Å²) in [5.41, 5.74) is 2.81. The summed E-state index contributed by atoms with van der Waals surface area (Å²) in [4.78, 5) is 14.7. The molecule has 0 bridgehead atoms. The average molecular weight is 385 g/mol. The van der Waals surface area contributed by atoms with E-state index in [9.17, 15) is 13.2 Å². The highest BCUT2D eigenvalue weighted by atomic mass is 32.2. The van der Waals surface area contributed by atoms with Crippen LogP contribution in [0.1, 0.15) is 18.1 Å². The third-order valence-electron chi connectivity index (χ3n) is 4.65. The number of anilines is 1. The fourth-order valence-electron chi connectivity index (χ4n) is 3.03. The number of carbonyl (C=O) groups excluding carboxylic acids is 1. The van der Waals surface area contributed by atoms with Gasteiger partial charge in [-0.3, -0.25) is 4.79 Å². The Hall–Kier alpha value is -2.60. The minimum atomic E-state index is -3.30. The minimum Gasteiger partial charge on any atom is -0.481 e. The molecule has 142 valence electrons. The SMILES string of the molecule is Cc1ccc(N(C(=O)[C@H](C)Oc2ccccc2)[C@H]2C=CS(=O)(=O)C2)cc1C. The second-order valence-corrected chi connectivity index (χ2v) is 8.71. The fraction of sp³-hybridized carbons (Fsp3) is 0.286. The maximum Gasteiger partial charge on any atom is 0.268 e. The molecule has 2 atom stereocenters. The van der Waals surface area contributed by atoms with E-state index in [2.05, 4.69) is 0 Å². The van der Waals surface area contributed by atoms with Crippen LogP contribution in [0.5, 0.6) is 5.75 Å². The molecule has 0 spiro atoms. The number of hydrogen-bond donors (Lipinski definition) is 0. The van der Waals surface area contributed by atoms with Crippen LogP contribution in [0.25, 0.3) is 0 Å². The topological polar surface area (TPSA) is 63.7 Å². The molecule has 27 heavy (non-hydrogen) atoms. The number of ether oxygens (including phenoxy) is 1. The summed E-state index contributed by atoms with van der Waals surface area (Å²) < 4.78 is 29.6. The predicted molar refractivity (Wildman–Crippen MR) is 107 cm³/mol. The molecule has 1 aliphatic rings.